The molecular weight excluding hydrogens is 257 g/mol. The Morgan fingerprint density at radius 2 is 1.58 bits per heavy atom. The maximum atomic E-state index is 12.3. The highest BCUT2D eigenvalue weighted by atomic mass is 31.2. The lowest BCUT2D eigenvalue weighted by molar-refractivity contribution is -0.129. The number of hydrogen-bond donors (Lipinski definition) is 0. The van der Waals surface area contributed by atoms with Gasteiger partial charge in [0.15, 0.2) is 14.4 Å². The zero-order chi connectivity index (χ0) is 13.2. The summed E-state index contributed by atoms with van der Waals surface area (Å²) in [6.07, 6.45) is -0.475. The standard InChI is InChI=1S/C15H14NO2P/c1-16-15(17)14(12-8-4-2-5-9-12)18-19(16)13-10-6-3-7-11-13/h2-11,14H,1H3/t14-,19?/m0/s1. The highest BCUT2D eigenvalue weighted by molar-refractivity contribution is 7.59. The van der Waals surface area contributed by atoms with Crippen molar-refractivity contribution in [2.45, 2.75) is 6.10 Å². The Morgan fingerprint density at radius 3 is 2.21 bits per heavy atom. The summed E-state index contributed by atoms with van der Waals surface area (Å²) in [4.78, 5) is 12.3. The summed E-state index contributed by atoms with van der Waals surface area (Å²) < 4.78 is 7.72. The van der Waals surface area contributed by atoms with Crippen molar-refractivity contribution < 1.29 is 9.32 Å². The van der Waals surface area contributed by atoms with E-state index in [1.54, 1.807) is 4.67 Å². The zero-order valence-electron chi connectivity index (χ0n) is 10.6. The third-order valence-electron chi connectivity index (χ3n) is 3.10. The van der Waals surface area contributed by atoms with Gasteiger partial charge in [0.2, 0.25) is 0 Å². The summed E-state index contributed by atoms with van der Waals surface area (Å²) in [7, 11) is 0.790. The number of carbonyl (C=O) groups excluding carboxylic acids is 1. The van der Waals surface area contributed by atoms with E-state index < -0.39 is 14.4 Å². The molecule has 2 atom stereocenters. The van der Waals surface area contributed by atoms with Crippen molar-refractivity contribution in [3.63, 3.8) is 0 Å². The monoisotopic (exact) mass is 271 g/mol. The SMILES string of the molecule is CN1C(=O)[C@H](c2ccccc2)OP1c1ccccc1. The second-order valence-corrected chi connectivity index (χ2v) is 6.24. The van der Waals surface area contributed by atoms with Crippen molar-refractivity contribution in [2.24, 2.45) is 0 Å². The molecule has 1 unspecified atom stereocenters. The summed E-state index contributed by atoms with van der Waals surface area (Å²) >= 11 is 0. The van der Waals surface area contributed by atoms with Gasteiger partial charge < -0.3 is 4.52 Å². The summed E-state index contributed by atoms with van der Waals surface area (Å²) in [6, 6.07) is 19.6. The van der Waals surface area contributed by atoms with E-state index in [0.29, 0.717) is 0 Å². The van der Waals surface area contributed by atoms with Crippen LogP contribution in [0.2, 0.25) is 0 Å². The molecule has 0 aliphatic carbocycles. The first kappa shape index (κ1) is 12.3. The van der Waals surface area contributed by atoms with Crippen LogP contribution < -0.4 is 5.30 Å². The van der Waals surface area contributed by atoms with Crippen molar-refractivity contribution in [1.82, 2.24) is 4.67 Å². The summed E-state index contributed by atoms with van der Waals surface area (Å²) in [5, 5.41) is 1.06. The average Bonchev–Trinajstić information content (AvgIpc) is 2.77. The van der Waals surface area contributed by atoms with Crippen LogP contribution in [0.4, 0.5) is 0 Å². The molecule has 0 radical (unpaired) electrons. The molecule has 1 heterocycles. The minimum absolute atomic E-state index is 0.0289. The third-order valence-corrected chi connectivity index (χ3v) is 4.99. The predicted molar refractivity (Wildman–Crippen MR) is 76.0 cm³/mol. The number of hydrogen-bond acceptors (Lipinski definition) is 2. The second kappa shape index (κ2) is 5.12. The molecule has 4 heteroatoms. The first-order chi connectivity index (χ1) is 9.27. The Hall–Kier alpha value is -1.70. The van der Waals surface area contributed by atoms with Gasteiger partial charge >= 0.3 is 0 Å². The highest BCUT2D eigenvalue weighted by Gasteiger charge is 2.40. The van der Waals surface area contributed by atoms with Gasteiger partial charge in [0.1, 0.15) is 0 Å². The molecule has 3 rings (SSSR count). The molecule has 0 spiro atoms. The molecule has 3 nitrogen and oxygen atoms in total. The van der Waals surface area contributed by atoms with E-state index in [-0.39, 0.29) is 5.91 Å². The molecule has 96 valence electrons. The first-order valence-corrected chi connectivity index (χ1v) is 7.33. The zero-order valence-corrected chi connectivity index (χ0v) is 11.5. The molecule has 1 fully saturated rings. The molecule has 19 heavy (non-hydrogen) atoms. The third kappa shape index (κ3) is 2.27. The van der Waals surface area contributed by atoms with Crippen LogP contribution in [-0.4, -0.2) is 17.6 Å². The van der Waals surface area contributed by atoms with Gasteiger partial charge in [0.05, 0.1) is 0 Å². The molecule has 1 aliphatic heterocycles. The van der Waals surface area contributed by atoms with Crippen LogP contribution in [-0.2, 0) is 9.32 Å². The molecule has 0 bridgehead atoms. The van der Waals surface area contributed by atoms with Crippen LogP contribution >= 0.6 is 8.30 Å². The van der Waals surface area contributed by atoms with Crippen LogP contribution in [0.5, 0.6) is 0 Å². The highest BCUT2D eigenvalue weighted by Crippen LogP contribution is 2.51. The smallest absolute Gasteiger partial charge is 0.261 e. The van der Waals surface area contributed by atoms with Crippen molar-refractivity contribution in [3.8, 4) is 0 Å². The minimum Gasteiger partial charge on any atom is -0.317 e. The topological polar surface area (TPSA) is 29.5 Å². The second-order valence-electron chi connectivity index (χ2n) is 4.37. The van der Waals surface area contributed by atoms with Crippen LogP contribution in [0.1, 0.15) is 11.7 Å². The number of rotatable bonds is 2. The van der Waals surface area contributed by atoms with Crippen molar-refractivity contribution in [3.05, 3.63) is 66.2 Å². The van der Waals surface area contributed by atoms with Crippen LogP contribution in [0.15, 0.2) is 60.7 Å². The van der Waals surface area contributed by atoms with Gasteiger partial charge in [-0.25, -0.2) is 0 Å². The number of amides is 1. The predicted octanol–water partition coefficient (Wildman–Crippen LogP) is 2.85. The Kier molecular flexibility index (Phi) is 3.33. The van der Waals surface area contributed by atoms with Gasteiger partial charge in [-0.3, -0.25) is 9.46 Å². The van der Waals surface area contributed by atoms with Gasteiger partial charge in [0, 0.05) is 12.4 Å². The quantitative estimate of drug-likeness (QED) is 0.786. The summed E-state index contributed by atoms with van der Waals surface area (Å²) in [5.74, 6) is 0.0289. The van der Waals surface area contributed by atoms with Crippen LogP contribution in [0.25, 0.3) is 0 Å². The number of benzene rings is 2. The lowest BCUT2D eigenvalue weighted by Gasteiger charge is -2.16. The van der Waals surface area contributed by atoms with E-state index in [1.165, 1.54) is 0 Å². The lowest BCUT2D eigenvalue weighted by atomic mass is 10.1. The van der Waals surface area contributed by atoms with E-state index in [4.69, 9.17) is 4.52 Å². The maximum absolute atomic E-state index is 12.3. The summed E-state index contributed by atoms with van der Waals surface area (Å²) in [5.41, 5.74) is 0.917. The van der Waals surface area contributed by atoms with Crippen LogP contribution in [0.3, 0.4) is 0 Å². The minimum atomic E-state index is -1.02. The Labute approximate surface area is 113 Å². The number of nitrogens with zero attached hydrogens (tertiary/aromatic N) is 1. The average molecular weight is 271 g/mol. The molecule has 1 aliphatic rings. The lowest BCUT2D eigenvalue weighted by Crippen LogP contribution is -2.21. The molecule has 0 aromatic heterocycles. The maximum Gasteiger partial charge on any atom is 0.261 e. The van der Waals surface area contributed by atoms with E-state index >= 15 is 0 Å². The first-order valence-electron chi connectivity index (χ1n) is 6.12. The van der Waals surface area contributed by atoms with Crippen molar-refractivity contribution in [2.75, 3.05) is 7.05 Å². The molecule has 0 N–H and O–H groups in total. The van der Waals surface area contributed by atoms with E-state index in [0.717, 1.165) is 10.9 Å². The van der Waals surface area contributed by atoms with Gasteiger partial charge in [-0.2, -0.15) is 0 Å². The number of carbonyl (C=O) groups is 1. The molecule has 2 aromatic rings. The normalized spacial score (nSPS) is 22.8. The Balaban J connectivity index is 1.90. The van der Waals surface area contributed by atoms with Gasteiger partial charge in [-0.05, 0) is 5.56 Å². The Morgan fingerprint density at radius 1 is 1.00 bits per heavy atom. The fourth-order valence-corrected chi connectivity index (χ4v) is 3.83. The molecule has 0 saturated carbocycles. The van der Waals surface area contributed by atoms with Crippen molar-refractivity contribution >= 4 is 19.5 Å². The largest absolute Gasteiger partial charge is 0.317 e. The Bertz CT molecular complexity index is 573. The molecule has 2 aromatic carbocycles. The fourth-order valence-electron chi connectivity index (χ4n) is 2.10. The number of likely N-dealkylation sites (N-methyl/N-ethyl adjacent to an activating group) is 1. The van der Waals surface area contributed by atoms with Gasteiger partial charge in [0.25, 0.3) is 5.91 Å². The fraction of sp³-hybridized carbons (Fsp3) is 0.133. The van der Waals surface area contributed by atoms with Crippen molar-refractivity contribution in [1.29, 1.82) is 0 Å². The summed E-state index contributed by atoms with van der Waals surface area (Å²) in [6.45, 7) is 0. The van der Waals surface area contributed by atoms with E-state index in [9.17, 15) is 4.79 Å². The van der Waals surface area contributed by atoms with E-state index in [2.05, 4.69) is 0 Å². The van der Waals surface area contributed by atoms with Crippen LogP contribution in [0, 0.1) is 0 Å². The molecule has 1 amide bonds. The molecule has 1 saturated heterocycles. The van der Waals surface area contributed by atoms with Gasteiger partial charge in [-0.1, -0.05) is 60.7 Å². The molecular formula is C15H14NO2P. The van der Waals surface area contributed by atoms with Gasteiger partial charge in [-0.15, -0.1) is 0 Å². The van der Waals surface area contributed by atoms with E-state index in [1.807, 2.05) is 67.7 Å².